The van der Waals surface area contributed by atoms with E-state index in [2.05, 4.69) is 33.6 Å². The highest BCUT2D eigenvalue weighted by atomic mass is 35.5. The van der Waals surface area contributed by atoms with Gasteiger partial charge in [0.2, 0.25) is 5.88 Å². The molecule has 0 amide bonds. The summed E-state index contributed by atoms with van der Waals surface area (Å²) in [5.74, 6) is 4.17. The van der Waals surface area contributed by atoms with Crippen LogP contribution in [0.1, 0.15) is 57.7 Å². The van der Waals surface area contributed by atoms with Crippen LogP contribution in [0.2, 0.25) is 10.0 Å². The number of ether oxygens (including phenoxy) is 1. The number of halogens is 2. The number of nitrogens with zero attached hydrogens (tertiary/aromatic N) is 3. The highest BCUT2D eigenvalue weighted by Crippen LogP contribution is 2.37. The zero-order valence-corrected chi connectivity index (χ0v) is 19.2. The third-order valence-electron chi connectivity index (χ3n) is 4.53. The van der Waals surface area contributed by atoms with E-state index in [1.807, 2.05) is 24.9 Å². The van der Waals surface area contributed by atoms with Gasteiger partial charge < -0.3 is 9.64 Å². The molecule has 0 aliphatic heterocycles. The van der Waals surface area contributed by atoms with Crippen LogP contribution in [0.15, 0.2) is 29.3 Å². The van der Waals surface area contributed by atoms with Gasteiger partial charge in [-0.2, -0.15) is 0 Å². The van der Waals surface area contributed by atoms with Gasteiger partial charge in [0, 0.05) is 19.2 Å². The molecule has 1 heterocycles. The zero-order valence-electron chi connectivity index (χ0n) is 17.7. The van der Waals surface area contributed by atoms with Crippen molar-refractivity contribution in [2.75, 3.05) is 7.05 Å². The molecule has 0 N–H and O–H groups in total. The van der Waals surface area contributed by atoms with E-state index in [0.717, 1.165) is 16.9 Å². The maximum atomic E-state index is 6.11. The van der Waals surface area contributed by atoms with Gasteiger partial charge in [0.1, 0.15) is 5.75 Å². The summed E-state index contributed by atoms with van der Waals surface area (Å²) in [6.45, 7) is 10.4. The molecule has 1 aromatic carbocycles. The lowest BCUT2D eigenvalue weighted by molar-refractivity contribution is 0.458. The summed E-state index contributed by atoms with van der Waals surface area (Å²) in [6, 6.07) is 7.03. The van der Waals surface area contributed by atoms with Gasteiger partial charge in [-0.3, -0.25) is 0 Å². The first-order chi connectivity index (χ1) is 13.6. The Bertz CT molecular complexity index is 903. The van der Waals surface area contributed by atoms with Gasteiger partial charge in [-0.15, -0.1) is 6.42 Å². The van der Waals surface area contributed by atoms with Crippen molar-refractivity contribution >= 4 is 35.2 Å². The molecule has 2 aromatic rings. The molecule has 0 saturated heterocycles. The molecule has 0 saturated carbocycles. The molecular formula is C23H27Cl2N3O. The van der Waals surface area contributed by atoms with E-state index < -0.39 is 0 Å². The quantitative estimate of drug-likeness (QED) is 0.268. The summed E-state index contributed by atoms with van der Waals surface area (Å²) >= 11 is 12.1. The fraction of sp³-hybridized carbons (Fsp3) is 0.391. The Hall–Kier alpha value is -2.22. The standard InChI is InChI=1S/C23H27Cl2N3O/c1-8-16(6)28(7)13-26-23-18(14(2)3)12-21(27-22(23)15(4)5)29-17-9-10-19(24)20(25)11-17/h1,9-16H,2-7H3/b26-13+. The van der Waals surface area contributed by atoms with Crippen LogP contribution in [0.5, 0.6) is 11.6 Å². The maximum Gasteiger partial charge on any atom is 0.219 e. The molecule has 1 aromatic heterocycles. The van der Waals surface area contributed by atoms with Gasteiger partial charge >= 0.3 is 0 Å². The van der Waals surface area contributed by atoms with E-state index in [9.17, 15) is 0 Å². The van der Waals surface area contributed by atoms with Crippen molar-refractivity contribution in [3.05, 3.63) is 45.6 Å². The molecule has 0 fully saturated rings. The van der Waals surface area contributed by atoms with E-state index in [0.29, 0.717) is 21.7 Å². The largest absolute Gasteiger partial charge is 0.439 e. The number of aliphatic imine (C=N–C) groups is 1. The Morgan fingerprint density at radius 2 is 1.79 bits per heavy atom. The van der Waals surface area contributed by atoms with Crippen LogP contribution in [0.25, 0.3) is 0 Å². The van der Waals surface area contributed by atoms with E-state index >= 15 is 0 Å². The molecule has 0 aliphatic rings. The Balaban J connectivity index is 2.50. The molecule has 0 bridgehead atoms. The second-order valence-electron chi connectivity index (χ2n) is 7.52. The van der Waals surface area contributed by atoms with Crippen LogP contribution >= 0.6 is 23.2 Å². The predicted molar refractivity (Wildman–Crippen MR) is 123 cm³/mol. The maximum absolute atomic E-state index is 6.11. The lowest BCUT2D eigenvalue weighted by Crippen LogP contribution is -2.25. The van der Waals surface area contributed by atoms with Crippen molar-refractivity contribution in [2.24, 2.45) is 4.99 Å². The lowest BCUT2D eigenvalue weighted by atomic mass is 9.97. The number of pyridine rings is 1. The smallest absolute Gasteiger partial charge is 0.219 e. The Labute approximate surface area is 183 Å². The van der Waals surface area contributed by atoms with Crippen molar-refractivity contribution in [1.82, 2.24) is 9.88 Å². The first-order valence-electron chi connectivity index (χ1n) is 9.54. The molecule has 0 spiro atoms. The van der Waals surface area contributed by atoms with E-state index in [4.69, 9.17) is 44.3 Å². The van der Waals surface area contributed by atoms with Crippen molar-refractivity contribution in [2.45, 2.75) is 52.5 Å². The Morgan fingerprint density at radius 3 is 2.34 bits per heavy atom. The molecule has 0 aliphatic carbocycles. The van der Waals surface area contributed by atoms with Gasteiger partial charge in [0.15, 0.2) is 0 Å². The first kappa shape index (κ1) is 23.1. The van der Waals surface area contributed by atoms with Gasteiger partial charge in [-0.1, -0.05) is 56.8 Å². The van der Waals surface area contributed by atoms with Crippen LogP contribution in [0.4, 0.5) is 5.69 Å². The summed E-state index contributed by atoms with van der Waals surface area (Å²) < 4.78 is 5.99. The highest BCUT2D eigenvalue weighted by Gasteiger charge is 2.18. The fourth-order valence-corrected chi connectivity index (χ4v) is 2.90. The van der Waals surface area contributed by atoms with Crippen molar-refractivity contribution in [3.63, 3.8) is 0 Å². The fourth-order valence-electron chi connectivity index (χ4n) is 2.62. The minimum Gasteiger partial charge on any atom is -0.439 e. The van der Waals surface area contributed by atoms with Crippen LogP contribution in [0, 0.1) is 12.3 Å². The van der Waals surface area contributed by atoms with Gasteiger partial charge in [0.05, 0.1) is 33.8 Å². The Morgan fingerprint density at radius 1 is 1.10 bits per heavy atom. The molecule has 1 unspecified atom stereocenters. The van der Waals surface area contributed by atoms with E-state index in [-0.39, 0.29) is 17.9 Å². The monoisotopic (exact) mass is 431 g/mol. The van der Waals surface area contributed by atoms with Crippen molar-refractivity contribution in [3.8, 4) is 24.0 Å². The van der Waals surface area contributed by atoms with E-state index in [1.54, 1.807) is 24.5 Å². The summed E-state index contributed by atoms with van der Waals surface area (Å²) in [6.07, 6.45) is 7.27. The second kappa shape index (κ2) is 10.0. The zero-order chi connectivity index (χ0) is 21.7. The van der Waals surface area contributed by atoms with Crippen molar-refractivity contribution < 1.29 is 4.74 Å². The number of hydrogen-bond acceptors (Lipinski definition) is 3. The molecule has 29 heavy (non-hydrogen) atoms. The minimum absolute atomic E-state index is 0.0473. The minimum atomic E-state index is -0.0473. The SMILES string of the molecule is C#CC(C)N(C)/C=N/c1c(C(C)C)cc(Oc2ccc(Cl)c(Cl)c2)nc1C(C)C. The number of hydrogen-bond donors (Lipinski definition) is 0. The van der Waals surface area contributed by atoms with Crippen LogP contribution in [-0.4, -0.2) is 29.3 Å². The molecule has 6 heteroatoms. The van der Waals surface area contributed by atoms with Crippen LogP contribution < -0.4 is 4.74 Å². The van der Waals surface area contributed by atoms with E-state index in [1.165, 1.54) is 0 Å². The van der Waals surface area contributed by atoms with Crippen LogP contribution in [0.3, 0.4) is 0 Å². The molecule has 1 atom stereocenters. The summed E-state index contributed by atoms with van der Waals surface area (Å²) in [7, 11) is 1.91. The van der Waals surface area contributed by atoms with Gasteiger partial charge in [-0.25, -0.2) is 9.98 Å². The summed E-state index contributed by atoms with van der Waals surface area (Å²) in [4.78, 5) is 11.4. The molecule has 0 radical (unpaired) electrons. The number of terminal acetylenes is 1. The third-order valence-corrected chi connectivity index (χ3v) is 5.27. The predicted octanol–water partition coefficient (Wildman–Crippen LogP) is 7.04. The van der Waals surface area contributed by atoms with Gasteiger partial charge in [-0.05, 0) is 36.5 Å². The summed E-state index contributed by atoms with van der Waals surface area (Å²) in [5.41, 5.74) is 2.77. The Kier molecular flexibility index (Phi) is 7.96. The number of aromatic nitrogens is 1. The normalized spacial score (nSPS) is 12.4. The average molecular weight is 432 g/mol. The second-order valence-corrected chi connectivity index (χ2v) is 8.34. The molecule has 2 rings (SSSR count). The van der Waals surface area contributed by atoms with Crippen LogP contribution in [-0.2, 0) is 0 Å². The molecular weight excluding hydrogens is 405 g/mol. The first-order valence-corrected chi connectivity index (χ1v) is 10.3. The van der Waals surface area contributed by atoms with Crippen molar-refractivity contribution in [1.29, 1.82) is 0 Å². The number of rotatable bonds is 7. The molecule has 4 nitrogen and oxygen atoms in total. The number of benzene rings is 1. The molecule has 154 valence electrons. The third kappa shape index (κ3) is 5.88. The van der Waals surface area contributed by atoms with Gasteiger partial charge in [0.25, 0.3) is 0 Å². The topological polar surface area (TPSA) is 37.7 Å². The lowest BCUT2D eigenvalue weighted by Gasteiger charge is -2.20. The highest BCUT2D eigenvalue weighted by molar-refractivity contribution is 6.42. The summed E-state index contributed by atoms with van der Waals surface area (Å²) in [5, 5.41) is 0.914. The average Bonchev–Trinajstić information content (AvgIpc) is 2.67.